The number of fused-ring (bicyclic) bond motifs is 1. The van der Waals surface area contributed by atoms with Gasteiger partial charge in [-0.1, -0.05) is 50.2 Å². The summed E-state index contributed by atoms with van der Waals surface area (Å²) in [5.74, 6) is 6.68. The van der Waals surface area contributed by atoms with Gasteiger partial charge in [0.05, 0.1) is 17.8 Å². The van der Waals surface area contributed by atoms with E-state index < -0.39 is 5.97 Å². The SMILES string of the molecule is Cc1nc(C)c(-c2ccc3c(c2)CCN(c2ncnc(N(N)c4ccccc4)c2N)C3)c(N2CCC(C)(C)CC2)c1CC(=O)O. The molecule has 2 aliphatic heterocycles. The van der Waals surface area contributed by atoms with Crippen LogP contribution in [0.25, 0.3) is 11.1 Å². The Morgan fingerprint density at radius 2 is 1.71 bits per heavy atom. The van der Waals surface area contributed by atoms with Gasteiger partial charge < -0.3 is 20.6 Å². The van der Waals surface area contributed by atoms with Crippen molar-refractivity contribution in [2.24, 2.45) is 11.3 Å². The number of hydrazine groups is 1. The fourth-order valence-corrected chi connectivity index (χ4v) is 6.68. The molecule has 0 aliphatic carbocycles. The molecule has 5 N–H and O–H groups in total. The molecule has 4 aromatic rings. The van der Waals surface area contributed by atoms with Crippen molar-refractivity contribution in [3.8, 4) is 11.1 Å². The molecule has 0 saturated carbocycles. The van der Waals surface area contributed by atoms with Crippen LogP contribution in [-0.4, -0.2) is 45.7 Å². The lowest BCUT2D eigenvalue weighted by Crippen LogP contribution is -2.38. The highest BCUT2D eigenvalue weighted by Crippen LogP contribution is 2.42. The van der Waals surface area contributed by atoms with Crippen molar-refractivity contribution in [3.05, 3.63) is 82.9 Å². The zero-order valence-corrected chi connectivity index (χ0v) is 26.5. The van der Waals surface area contributed by atoms with Crippen LogP contribution < -0.4 is 26.4 Å². The summed E-state index contributed by atoms with van der Waals surface area (Å²) in [7, 11) is 0. The third-order valence-electron chi connectivity index (χ3n) is 9.33. The molecule has 0 spiro atoms. The van der Waals surface area contributed by atoms with Crippen molar-refractivity contribution < 1.29 is 9.90 Å². The van der Waals surface area contributed by atoms with E-state index in [2.05, 4.69) is 51.8 Å². The highest BCUT2D eigenvalue weighted by atomic mass is 16.4. The van der Waals surface area contributed by atoms with Crippen LogP contribution in [0.3, 0.4) is 0 Å². The minimum Gasteiger partial charge on any atom is -0.481 e. The first kappa shape index (κ1) is 30.3. The van der Waals surface area contributed by atoms with E-state index in [1.54, 1.807) is 0 Å². The number of nitrogens with two attached hydrogens (primary N) is 2. The zero-order chi connectivity index (χ0) is 31.9. The summed E-state index contributed by atoms with van der Waals surface area (Å²) in [5.41, 5.74) is 16.2. The molecule has 10 heteroatoms. The predicted molar refractivity (Wildman–Crippen MR) is 180 cm³/mol. The molecule has 0 atom stereocenters. The van der Waals surface area contributed by atoms with Gasteiger partial charge in [-0.3, -0.25) is 14.8 Å². The van der Waals surface area contributed by atoms with Crippen LogP contribution in [0.2, 0.25) is 0 Å². The number of carboxylic acids is 1. The Morgan fingerprint density at radius 3 is 2.42 bits per heavy atom. The number of aliphatic carboxylic acids is 1. The van der Waals surface area contributed by atoms with E-state index in [1.165, 1.54) is 22.5 Å². The molecule has 2 aromatic carbocycles. The lowest BCUT2D eigenvalue weighted by molar-refractivity contribution is -0.136. The molecule has 1 saturated heterocycles. The number of piperidine rings is 1. The number of hydrogen-bond donors (Lipinski definition) is 3. The summed E-state index contributed by atoms with van der Waals surface area (Å²) in [5, 5.41) is 11.3. The van der Waals surface area contributed by atoms with Crippen molar-refractivity contribution in [2.75, 3.05) is 40.2 Å². The number of carbonyl (C=O) groups is 1. The number of aryl methyl sites for hydroxylation is 2. The molecule has 0 bridgehead atoms. The van der Waals surface area contributed by atoms with Crippen molar-refractivity contribution in [3.63, 3.8) is 0 Å². The highest BCUT2D eigenvalue weighted by molar-refractivity contribution is 5.87. The lowest BCUT2D eigenvalue weighted by atomic mass is 9.82. The fraction of sp³-hybridized carbons (Fsp3) is 0.371. The van der Waals surface area contributed by atoms with Crippen molar-refractivity contribution in [1.82, 2.24) is 15.0 Å². The van der Waals surface area contributed by atoms with E-state index in [4.69, 9.17) is 16.6 Å². The number of anilines is 5. The summed E-state index contributed by atoms with van der Waals surface area (Å²) < 4.78 is 0. The second-order valence-corrected chi connectivity index (χ2v) is 13.0. The quantitative estimate of drug-likeness (QED) is 0.181. The van der Waals surface area contributed by atoms with Gasteiger partial charge in [0.25, 0.3) is 0 Å². The number of para-hydroxylation sites is 1. The third kappa shape index (κ3) is 6.02. The predicted octanol–water partition coefficient (Wildman–Crippen LogP) is 5.57. The van der Waals surface area contributed by atoms with Crippen LogP contribution in [0.15, 0.2) is 54.9 Å². The van der Waals surface area contributed by atoms with Crippen LogP contribution in [0, 0.1) is 19.3 Å². The summed E-state index contributed by atoms with van der Waals surface area (Å²) in [6, 6.07) is 16.2. The number of pyridine rings is 1. The second kappa shape index (κ2) is 12.0. The first-order chi connectivity index (χ1) is 21.5. The van der Waals surface area contributed by atoms with E-state index in [0.717, 1.165) is 78.3 Å². The summed E-state index contributed by atoms with van der Waals surface area (Å²) in [6.45, 7) is 11.8. The minimum atomic E-state index is -0.840. The monoisotopic (exact) mass is 606 g/mol. The maximum Gasteiger partial charge on any atom is 0.307 e. The number of aromatic nitrogens is 3. The molecule has 1 fully saturated rings. The van der Waals surface area contributed by atoms with Gasteiger partial charge in [0, 0.05) is 48.7 Å². The second-order valence-electron chi connectivity index (χ2n) is 13.0. The molecule has 0 amide bonds. The average molecular weight is 607 g/mol. The van der Waals surface area contributed by atoms with Crippen LogP contribution >= 0.6 is 0 Å². The normalized spacial score (nSPS) is 15.9. The van der Waals surface area contributed by atoms with Gasteiger partial charge in [-0.15, -0.1) is 0 Å². The molecule has 2 aromatic heterocycles. The van der Waals surface area contributed by atoms with Gasteiger partial charge in [-0.2, -0.15) is 0 Å². The van der Waals surface area contributed by atoms with Crippen LogP contribution in [0.5, 0.6) is 0 Å². The Bertz CT molecular complexity index is 1730. The van der Waals surface area contributed by atoms with E-state index in [9.17, 15) is 9.90 Å². The smallest absolute Gasteiger partial charge is 0.307 e. The van der Waals surface area contributed by atoms with Crippen LogP contribution in [0.1, 0.15) is 54.8 Å². The number of nitrogen functional groups attached to an aromatic ring is 1. The molecule has 45 heavy (non-hydrogen) atoms. The van der Waals surface area contributed by atoms with Gasteiger partial charge >= 0.3 is 5.97 Å². The molecule has 4 heterocycles. The van der Waals surface area contributed by atoms with Crippen molar-refractivity contribution in [1.29, 1.82) is 0 Å². The maximum atomic E-state index is 12.0. The van der Waals surface area contributed by atoms with Gasteiger partial charge in [0.1, 0.15) is 12.0 Å². The van der Waals surface area contributed by atoms with Gasteiger partial charge in [0.15, 0.2) is 11.6 Å². The first-order valence-electron chi connectivity index (χ1n) is 15.6. The standard InChI is InChI=1S/C35H42N8O2/c1-22-28(19-29(44)45)32(41-16-13-35(3,4)14-17-41)30(23(2)40-22)25-10-11-26-20-42(15-12-24(26)18-25)33-31(36)34(39-21-38-33)43(37)27-8-6-5-7-9-27/h5-11,18,21H,12-17,19-20,36-37H2,1-4H3,(H,44,45). The molecule has 10 nitrogen and oxygen atoms in total. The van der Waals surface area contributed by atoms with Crippen molar-refractivity contribution in [2.45, 2.75) is 59.9 Å². The Balaban J connectivity index is 1.33. The average Bonchev–Trinajstić information content (AvgIpc) is 3.02. The molecule has 6 rings (SSSR count). The Morgan fingerprint density at radius 1 is 0.978 bits per heavy atom. The molecule has 2 aliphatic rings. The number of nitrogens with zero attached hydrogens (tertiary/aromatic N) is 6. The summed E-state index contributed by atoms with van der Waals surface area (Å²) in [4.78, 5) is 30.4. The molecular weight excluding hydrogens is 564 g/mol. The van der Waals surface area contributed by atoms with E-state index >= 15 is 0 Å². The number of carboxylic acid groups (broad SMARTS) is 1. The topological polar surface area (TPSA) is 138 Å². The van der Waals surface area contributed by atoms with Gasteiger partial charge in [0.2, 0.25) is 0 Å². The zero-order valence-electron chi connectivity index (χ0n) is 26.5. The third-order valence-corrected chi connectivity index (χ3v) is 9.33. The van der Waals surface area contributed by atoms with Crippen molar-refractivity contribution >= 4 is 34.7 Å². The Kier molecular flexibility index (Phi) is 8.09. The molecular formula is C35H42N8O2. The Labute approximate surface area is 264 Å². The van der Waals surface area contributed by atoms with Gasteiger partial charge in [-0.05, 0) is 67.3 Å². The number of benzene rings is 2. The lowest BCUT2D eigenvalue weighted by Gasteiger charge is -2.40. The van der Waals surface area contributed by atoms with Crippen LogP contribution in [-0.2, 0) is 24.2 Å². The maximum absolute atomic E-state index is 12.0. The first-order valence-corrected chi connectivity index (χ1v) is 15.6. The fourth-order valence-electron chi connectivity index (χ4n) is 6.68. The van der Waals surface area contributed by atoms with E-state index in [-0.39, 0.29) is 11.8 Å². The summed E-state index contributed by atoms with van der Waals surface area (Å²) in [6.07, 6.45) is 4.38. The van der Waals surface area contributed by atoms with Gasteiger partial charge in [-0.25, -0.2) is 15.8 Å². The van der Waals surface area contributed by atoms with Crippen LogP contribution in [0.4, 0.5) is 28.7 Å². The highest BCUT2D eigenvalue weighted by Gasteiger charge is 2.31. The number of rotatable bonds is 7. The van der Waals surface area contributed by atoms with E-state index in [1.807, 2.05) is 44.2 Å². The largest absolute Gasteiger partial charge is 0.481 e. The molecule has 0 unspecified atom stereocenters. The van der Waals surface area contributed by atoms with E-state index in [0.29, 0.717) is 23.9 Å². The minimum absolute atomic E-state index is 0.0475. The molecule has 234 valence electrons. The Hall–Kier alpha value is -4.70. The summed E-state index contributed by atoms with van der Waals surface area (Å²) >= 11 is 0. The number of hydrogen-bond acceptors (Lipinski definition) is 9. The molecule has 0 radical (unpaired) electrons.